The number of hydrogen-bond donors (Lipinski definition) is 5. The number of imide groups is 2. The Kier molecular flexibility index (Phi) is 14.0. The molecule has 0 spiro atoms. The van der Waals surface area contributed by atoms with Crippen molar-refractivity contribution in [1.29, 1.82) is 5.41 Å². The van der Waals surface area contributed by atoms with Gasteiger partial charge in [-0.05, 0) is 74.3 Å². The van der Waals surface area contributed by atoms with Crippen LogP contribution in [0.4, 0.5) is 17.3 Å². The molecule has 2 fully saturated rings. The van der Waals surface area contributed by atoms with Gasteiger partial charge in [0.15, 0.2) is 0 Å². The van der Waals surface area contributed by atoms with E-state index in [0.717, 1.165) is 43.1 Å². The SMILES string of the molecule is N=C(c1ccc(Oc2ccccc2)cc1)c1c(N)ncnc1NC1CCCN(CCOCCOCCOCCNc2cccc3c2C(=O)N(C2CCC(=O)NC2=O)C3=O)C1. The number of likely N-dealkylation sites (tertiary alicyclic amines) is 1. The van der Waals surface area contributed by atoms with Gasteiger partial charge in [0.25, 0.3) is 11.8 Å². The summed E-state index contributed by atoms with van der Waals surface area (Å²) in [5.74, 6) is -0.00544. The third-order valence-corrected chi connectivity index (χ3v) is 10.4. The molecule has 3 aromatic carbocycles. The zero-order valence-electron chi connectivity index (χ0n) is 33.2. The van der Waals surface area contributed by atoms with Gasteiger partial charge in [0, 0.05) is 43.3 Å². The number of carbonyl (C=O) groups is 4. The monoisotopic (exact) mass is 819 g/mol. The van der Waals surface area contributed by atoms with Gasteiger partial charge < -0.3 is 35.3 Å². The van der Waals surface area contributed by atoms with Crippen molar-refractivity contribution < 1.29 is 38.1 Å². The lowest BCUT2D eigenvalue weighted by Crippen LogP contribution is -2.54. The first kappa shape index (κ1) is 41.9. The third-order valence-electron chi connectivity index (χ3n) is 10.4. The van der Waals surface area contributed by atoms with Crippen LogP contribution in [0.25, 0.3) is 0 Å². The highest BCUT2D eigenvalue weighted by molar-refractivity contribution is 6.25. The van der Waals surface area contributed by atoms with Crippen molar-refractivity contribution in [2.45, 2.75) is 37.8 Å². The molecule has 3 aliphatic rings. The molecule has 0 bridgehead atoms. The number of anilines is 3. The van der Waals surface area contributed by atoms with Crippen molar-refractivity contribution >= 4 is 46.7 Å². The summed E-state index contributed by atoms with van der Waals surface area (Å²) < 4.78 is 23.1. The van der Waals surface area contributed by atoms with Gasteiger partial charge in [-0.15, -0.1) is 0 Å². The molecule has 7 rings (SSSR count). The second kappa shape index (κ2) is 20.1. The lowest BCUT2D eigenvalue weighted by molar-refractivity contribution is -0.136. The molecule has 2 unspecified atom stereocenters. The van der Waals surface area contributed by atoms with Crippen LogP contribution in [-0.4, -0.2) is 127 Å². The Balaban J connectivity index is 0.764. The van der Waals surface area contributed by atoms with Gasteiger partial charge in [-0.2, -0.15) is 0 Å². The number of nitrogen functional groups attached to an aromatic ring is 1. The van der Waals surface area contributed by atoms with Crippen LogP contribution in [0.3, 0.4) is 0 Å². The Hall–Kier alpha value is -6.27. The Morgan fingerprint density at radius 1 is 0.833 bits per heavy atom. The predicted octanol–water partition coefficient (Wildman–Crippen LogP) is 3.71. The van der Waals surface area contributed by atoms with Crippen molar-refractivity contribution in [3.63, 3.8) is 0 Å². The van der Waals surface area contributed by atoms with Crippen molar-refractivity contribution in [2.24, 2.45) is 0 Å². The van der Waals surface area contributed by atoms with Crippen LogP contribution in [0.15, 0.2) is 79.1 Å². The van der Waals surface area contributed by atoms with E-state index < -0.39 is 29.7 Å². The quantitative estimate of drug-likeness (QED) is 0.0488. The van der Waals surface area contributed by atoms with Crippen LogP contribution in [0.2, 0.25) is 0 Å². The number of hydrogen-bond acceptors (Lipinski definition) is 15. The number of rotatable bonds is 20. The fourth-order valence-corrected chi connectivity index (χ4v) is 7.44. The van der Waals surface area contributed by atoms with E-state index in [-0.39, 0.29) is 41.5 Å². The van der Waals surface area contributed by atoms with Gasteiger partial charge in [-0.25, -0.2) is 9.97 Å². The summed E-state index contributed by atoms with van der Waals surface area (Å²) in [5, 5.41) is 17.9. The van der Waals surface area contributed by atoms with Crippen molar-refractivity contribution in [1.82, 2.24) is 25.1 Å². The Bertz CT molecular complexity index is 2170. The molecule has 0 saturated carbocycles. The van der Waals surface area contributed by atoms with Crippen molar-refractivity contribution in [2.75, 3.05) is 82.2 Å². The number of amides is 4. The lowest BCUT2D eigenvalue weighted by atomic mass is 10.0. The molecule has 0 aliphatic carbocycles. The fourth-order valence-electron chi connectivity index (χ4n) is 7.44. The molecule has 3 aliphatic heterocycles. The van der Waals surface area contributed by atoms with E-state index in [1.807, 2.05) is 54.6 Å². The van der Waals surface area contributed by atoms with Crippen LogP contribution >= 0.6 is 0 Å². The van der Waals surface area contributed by atoms with Crippen LogP contribution < -0.4 is 26.4 Å². The fraction of sp³-hybridized carbons (Fsp3) is 0.372. The molecule has 4 aromatic rings. The first-order valence-electron chi connectivity index (χ1n) is 20.1. The average Bonchev–Trinajstić information content (AvgIpc) is 3.50. The highest BCUT2D eigenvalue weighted by Gasteiger charge is 2.45. The molecule has 314 valence electrons. The maximum Gasteiger partial charge on any atom is 0.264 e. The van der Waals surface area contributed by atoms with Gasteiger partial charge in [0.2, 0.25) is 11.8 Å². The topological polar surface area (TPSA) is 223 Å². The van der Waals surface area contributed by atoms with Gasteiger partial charge in [-0.3, -0.25) is 39.7 Å². The Morgan fingerprint density at radius 2 is 1.57 bits per heavy atom. The van der Waals surface area contributed by atoms with Gasteiger partial charge >= 0.3 is 0 Å². The molecule has 4 heterocycles. The summed E-state index contributed by atoms with van der Waals surface area (Å²) in [7, 11) is 0. The number of nitrogens with zero attached hydrogens (tertiary/aromatic N) is 4. The molecule has 1 aromatic heterocycles. The number of para-hydroxylation sites is 1. The summed E-state index contributed by atoms with van der Waals surface area (Å²) in [6, 6.07) is 20.8. The maximum atomic E-state index is 13.2. The normalized spacial score (nSPS) is 18.0. The largest absolute Gasteiger partial charge is 0.457 e. The minimum absolute atomic E-state index is 0.0617. The summed E-state index contributed by atoms with van der Waals surface area (Å²) in [6.07, 6.45) is 3.53. The lowest BCUT2D eigenvalue weighted by Gasteiger charge is -2.33. The van der Waals surface area contributed by atoms with Crippen LogP contribution in [0, 0.1) is 5.41 Å². The van der Waals surface area contributed by atoms with Crippen LogP contribution in [-0.2, 0) is 23.8 Å². The van der Waals surface area contributed by atoms with Crippen molar-refractivity contribution in [3.8, 4) is 11.5 Å². The van der Waals surface area contributed by atoms with Gasteiger partial charge in [0.05, 0.1) is 62.0 Å². The molecule has 0 radical (unpaired) electrons. The number of carbonyl (C=O) groups excluding carboxylic acids is 4. The molecule has 2 atom stereocenters. The number of benzene rings is 3. The van der Waals surface area contributed by atoms with Gasteiger partial charge in [0.1, 0.15) is 35.5 Å². The molecule has 17 nitrogen and oxygen atoms in total. The summed E-state index contributed by atoms with van der Waals surface area (Å²) in [5.41, 5.74) is 8.56. The van der Waals surface area contributed by atoms with E-state index in [9.17, 15) is 19.2 Å². The first-order valence-corrected chi connectivity index (χ1v) is 20.1. The van der Waals surface area contributed by atoms with E-state index in [0.29, 0.717) is 74.6 Å². The predicted molar refractivity (Wildman–Crippen MR) is 222 cm³/mol. The van der Waals surface area contributed by atoms with E-state index in [1.165, 1.54) is 6.33 Å². The number of ether oxygens (including phenoxy) is 4. The van der Waals surface area contributed by atoms with E-state index in [1.54, 1.807) is 18.2 Å². The standard InChI is InChI=1S/C43H49N9O8/c44-38(28-11-13-31(14-12-28)60-30-7-2-1-3-8-30)37-39(45)47-27-48-40(37)49-29-6-5-18-51(26-29)19-21-58-23-25-59-24-22-57-20-17-46-33-10-4-9-32-36(33)43(56)52(42(32)55)34-15-16-35(53)50-41(34)54/h1-4,7-14,27,29,34,44,46H,5-6,15-26H2,(H,50,53,54)(H3,45,47,48,49). The summed E-state index contributed by atoms with van der Waals surface area (Å²) in [4.78, 5) is 62.2. The highest BCUT2D eigenvalue weighted by atomic mass is 16.5. The zero-order valence-corrected chi connectivity index (χ0v) is 33.2. The summed E-state index contributed by atoms with van der Waals surface area (Å²) in [6.45, 7) is 5.41. The molecule has 17 heteroatoms. The minimum atomic E-state index is -1.02. The number of fused-ring (bicyclic) bond motifs is 1. The first-order chi connectivity index (χ1) is 29.3. The number of piperidine rings is 2. The molecule has 6 N–H and O–H groups in total. The van der Waals surface area contributed by atoms with E-state index in [2.05, 4.69) is 30.8 Å². The van der Waals surface area contributed by atoms with E-state index in [4.69, 9.17) is 30.1 Å². The van der Waals surface area contributed by atoms with Crippen LogP contribution in [0.5, 0.6) is 11.5 Å². The maximum absolute atomic E-state index is 13.2. The van der Waals surface area contributed by atoms with Gasteiger partial charge in [-0.1, -0.05) is 24.3 Å². The molecule has 2 saturated heterocycles. The average molecular weight is 820 g/mol. The molecular formula is C43H49N9O8. The molecule has 4 amide bonds. The molecule has 60 heavy (non-hydrogen) atoms. The summed E-state index contributed by atoms with van der Waals surface area (Å²) >= 11 is 0. The highest BCUT2D eigenvalue weighted by Crippen LogP contribution is 2.32. The van der Waals surface area contributed by atoms with Crippen LogP contribution in [0.1, 0.15) is 57.5 Å². The Labute approximate surface area is 347 Å². The number of nitrogens with one attached hydrogen (secondary N) is 4. The number of aromatic nitrogens is 2. The number of nitrogens with two attached hydrogens (primary N) is 1. The Morgan fingerprint density at radius 3 is 2.33 bits per heavy atom. The second-order valence-corrected chi connectivity index (χ2v) is 14.5. The zero-order chi connectivity index (χ0) is 41.8. The van der Waals surface area contributed by atoms with Crippen molar-refractivity contribution in [3.05, 3.63) is 101 Å². The molecular weight excluding hydrogens is 771 g/mol. The minimum Gasteiger partial charge on any atom is -0.457 e. The third kappa shape index (κ3) is 10.3. The smallest absolute Gasteiger partial charge is 0.264 e. The van der Waals surface area contributed by atoms with E-state index >= 15 is 0 Å². The second-order valence-electron chi connectivity index (χ2n) is 14.5.